The van der Waals surface area contributed by atoms with Gasteiger partial charge < -0.3 is 10.6 Å². The second-order valence-corrected chi connectivity index (χ2v) is 7.55. The third-order valence-electron chi connectivity index (χ3n) is 4.75. The molecular weight excluding hydrogens is 280 g/mol. The van der Waals surface area contributed by atoms with E-state index in [-0.39, 0.29) is 5.91 Å². The molecule has 3 rings (SSSR count). The summed E-state index contributed by atoms with van der Waals surface area (Å²) in [6.45, 7) is 0. The zero-order valence-electron chi connectivity index (χ0n) is 12.6. The number of fused-ring (bicyclic) bond motifs is 2. The number of unbranched alkanes of at least 4 members (excludes halogenated alkanes) is 2. The molecule has 2 aliphatic heterocycles. The third kappa shape index (κ3) is 4.55. The molecule has 1 amide bonds. The van der Waals surface area contributed by atoms with Crippen molar-refractivity contribution in [1.29, 1.82) is 0 Å². The van der Waals surface area contributed by atoms with Crippen LogP contribution in [-0.4, -0.2) is 24.0 Å². The third-order valence-corrected chi connectivity index (χ3v) is 5.68. The zero-order chi connectivity index (χ0) is 14.5. The molecule has 0 aromatic carbocycles. The zero-order valence-corrected chi connectivity index (χ0v) is 13.5. The monoisotopic (exact) mass is 306 g/mol. The molecule has 0 radical (unpaired) electrons. The number of thiophene rings is 1. The summed E-state index contributed by atoms with van der Waals surface area (Å²) in [7, 11) is 0. The number of carbonyl (C=O) groups excluding carboxylic acids is 1. The highest BCUT2D eigenvalue weighted by Crippen LogP contribution is 2.26. The number of hydrogen-bond donors (Lipinski definition) is 2. The van der Waals surface area contributed by atoms with E-state index in [9.17, 15) is 4.79 Å². The molecule has 0 saturated carbocycles. The molecular formula is C17H26N2OS. The molecule has 2 fully saturated rings. The maximum atomic E-state index is 12.0. The molecule has 21 heavy (non-hydrogen) atoms. The number of aryl methyl sites for hydroxylation is 1. The van der Waals surface area contributed by atoms with Crippen LogP contribution in [0, 0.1) is 0 Å². The minimum atomic E-state index is 0.262. The summed E-state index contributed by atoms with van der Waals surface area (Å²) in [6, 6.07) is 6.03. The maximum absolute atomic E-state index is 12.0. The molecule has 0 aliphatic carbocycles. The number of piperidine rings is 1. The number of hydrogen-bond acceptors (Lipinski definition) is 3. The first-order chi connectivity index (χ1) is 10.3. The van der Waals surface area contributed by atoms with Crippen LogP contribution in [0.5, 0.6) is 0 Å². The van der Waals surface area contributed by atoms with E-state index < -0.39 is 0 Å². The molecule has 4 heteroatoms. The molecule has 3 nitrogen and oxygen atoms in total. The minimum Gasteiger partial charge on any atom is -0.353 e. The fourth-order valence-electron chi connectivity index (χ4n) is 3.69. The van der Waals surface area contributed by atoms with Crippen LogP contribution in [0.4, 0.5) is 0 Å². The van der Waals surface area contributed by atoms with Gasteiger partial charge >= 0.3 is 0 Å². The van der Waals surface area contributed by atoms with E-state index in [0.29, 0.717) is 24.5 Å². The van der Waals surface area contributed by atoms with Crippen LogP contribution in [0.25, 0.3) is 0 Å². The summed E-state index contributed by atoms with van der Waals surface area (Å²) >= 11 is 1.83. The Balaban J connectivity index is 1.26. The van der Waals surface area contributed by atoms with Crippen molar-refractivity contribution < 1.29 is 4.79 Å². The summed E-state index contributed by atoms with van der Waals surface area (Å²) < 4.78 is 0. The number of amides is 1. The summed E-state index contributed by atoms with van der Waals surface area (Å²) in [5.41, 5.74) is 0. The Bertz CT molecular complexity index is 434. The van der Waals surface area contributed by atoms with E-state index in [1.807, 2.05) is 11.3 Å². The highest BCUT2D eigenvalue weighted by Gasteiger charge is 2.33. The highest BCUT2D eigenvalue weighted by atomic mass is 32.1. The normalized spacial score (nSPS) is 27.7. The quantitative estimate of drug-likeness (QED) is 0.759. The number of carbonyl (C=O) groups is 1. The smallest absolute Gasteiger partial charge is 0.220 e. The SMILES string of the molecule is O=C(CCCCCc1cccs1)NC1CC2CCC(C1)N2. The average Bonchev–Trinajstić information content (AvgIpc) is 3.08. The van der Waals surface area contributed by atoms with Gasteiger partial charge in [-0.3, -0.25) is 4.79 Å². The number of nitrogens with one attached hydrogen (secondary N) is 2. The fourth-order valence-corrected chi connectivity index (χ4v) is 4.44. The fraction of sp³-hybridized carbons (Fsp3) is 0.706. The van der Waals surface area contributed by atoms with E-state index in [2.05, 4.69) is 28.1 Å². The van der Waals surface area contributed by atoms with Gasteiger partial charge in [0.25, 0.3) is 0 Å². The van der Waals surface area contributed by atoms with Crippen LogP contribution in [-0.2, 0) is 11.2 Å². The largest absolute Gasteiger partial charge is 0.353 e. The van der Waals surface area contributed by atoms with Crippen LogP contribution >= 0.6 is 11.3 Å². The van der Waals surface area contributed by atoms with Gasteiger partial charge in [0.05, 0.1) is 0 Å². The standard InChI is InChI=1S/C17H26N2OS/c20-17(7-3-1-2-5-16-6-4-10-21-16)19-15-11-13-8-9-14(12-15)18-13/h4,6,10,13-15,18H,1-3,5,7-9,11-12H2,(H,19,20). The molecule has 2 aliphatic rings. The highest BCUT2D eigenvalue weighted by molar-refractivity contribution is 7.09. The predicted octanol–water partition coefficient (Wildman–Crippen LogP) is 3.25. The molecule has 2 unspecified atom stereocenters. The molecule has 3 heterocycles. The van der Waals surface area contributed by atoms with E-state index in [1.54, 1.807) is 0 Å². The molecule has 2 bridgehead atoms. The van der Waals surface area contributed by atoms with Crippen molar-refractivity contribution in [3.63, 3.8) is 0 Å². The van der Waals surface area contributed by atoms with Crippen LogP contribution < -0.4 is 10.6 Å². The Hall–Kier alpha value is -0.870. The van der Waals surface area contributed by atoms with E-state index >= 15 is 0 Å². The van der Waals surface area contributed by atoms with Crippen LogP contribution in [0.3, 0.4) is 0 Å². The van der Waals surface area contributed by atoms with Crippen molar-refractivity contribution >= 4 is 17.2 Å². The number of rotatable bonds is 7. The van der Waals surface area contributed by atoms with Crippen LogP contribution in [0.15, 0.2) is 17.5 Å². The van der Waals surface area contributed by atoms with Crippen molar-refractivity contribution in [1.82, 2.24) is 10.6 Å². The molecule has 1 aromatic heterocycles. The summed E-state index contributed by atoms with van der Waals surface area (Å²) in [5, 5.41) is 9.00. The lowest BCUT2D eigenvalue weighted by molar-refractivity contribution is -0.122. The van der Waals surface area contributed by atoms with Gasteiger partial charge in [0.15, 0.2) is 0 Å². The van der Waals surface area contributed by atoms with Crippen LogP contribution in [0.2, 0.25) is 0 Å². The predicted molar refractivity (Wildman–Crippen MR) is 87.6 cm³/mol. The Morgan fingerprint density at radius 3 is 2.76 bits per heavy atom. The average molecular weight is 306 g/mol. The van der Waals surface area contributed by atoms with Gasteiger partial charge in [-0.2, -0.15) is 0 Å². The first kappa shape index (κ1) is 15.0. The minimum absolute atomic E-state index is 0.262. The van der Waals surface area contributed by atoms with Gasteiger partial charge in [-0.25, -0.2) is 0 Å². The van der Waals surface area contributed by atoms with Gasteiger partial charge in [-0.05, 0) is 56.4 Å². The summed E-state index contributed by atoms with van der Waals surface area (Å²) in [6.07, 6.45) is 10.1. The lowest BCUT2D eigenvalue weighted by Crippen LogP contribution is -2.47. The van der Waals surface area contributed by atoms with E-state index in [0.717, 1.165) is 32.1 Å². The van der Waals surface area contributed by atoms with Crippen molar-refractivity contribution in [3.8, 4) is 0 Å². The van der Waals surface area contributed by atoms with Gasteiger partial charge in [0.1, 0.15) is 0 Å². The summed E-state index contributed by atoms with van der Waals surface area (Å²) in [4.78, 5) is 13.5. The van der Waals surface area contributed by atoms with E-state index in [4.69, 9.17) is 0 Å². The van der Waals surface area contributed by atoms with Gasteiger partial charge in [-0.1, -0.05) is 12.5 Å². The molecule has 2 atom stereocenters. The Morgan fingerprint density at radius 2 is 2.05 bits per heavy atom. The first-order valence-corrected chi connectivity index (χ1v) is 9.25. The van der Waals surface area contributed by atoms with Gasteiger partial charge in [0.2, 0.25) is 5.91 Å². The molecule has 2 N–H and O–H groups in total. The topological polar surface area (TPSA) is 41.1 Å². The second kappa shape index (κ2) is 7.41. The van der Waals surface area contributed by atoms with E-state index in [1.165, 1.54) is 24.1 Å². The molecule has 0 spiro atoms. The Kier molecular flexibility index (Phi) is 5.31. The lowest BCUT2D eigenvalue weighted by Gasteiger charge is -2.29. The first-order valence-electron chi connectivity index (χ1n) is 8.37. The van der Waals surface area contributed by atoms with Gasteiger partial charge in [0, 0.05) is 29.4 Å². The summed E-state index contributed by atoms with van der Waals surface area (Å²) in [5.74, 6) is 0.262. The molecule has 116 valence electrons. The second-order valence-electron chi connectivity index (χ2n) is 6.51. The van der Waals surface area contributed by atoms with Crippen molar-refractivity contribution in [2.75, 3.05) is 0 Å². The van der Waals surface area contributed by atoms with Crippen molar-refractivity contribution in [2.24, 2.45) is 0 Å². The maximum Gasteiger partial charge on any atom is 0.220 e. The Labute approximate surface area is 131 Å². The molecule has 1 aromatic rings. The van der Waals surface area contributed by atoms with Crippen molar-refractivity contribution in [3.05, 3.63) is 22.4 Å². The van der Waals surface area contributed by atoms with Crippen molar-refractivity contribution in [2.45, 2.75) is 75.9 Å². The Morgan fingerprint density at radius 1 is 1.24 bits per heavy atom. The molecule has 2 saturated heterocycles. The lowest BCUT2D eigenvalue weighted by atomic mass is 9.99. The van der Waals surface area contributed by atoms with Crippen LogP contribution in [0.1, 0.15) is 56.2 Å². The van der Waals surface area contributed by atoms with Gasteiger partial charge in [-0.15, -0.1) is 11.3 Å².